The zero-order valence-corrected chi connectivity index (χ0v) is 18.1. The fraction of sp³-hybridized carbons (Fsp3) is 0.333. The molecule has 4 rings (SSSR count). The number of piperidine rings is 1. The smallest absolute Gasteiger partial charge is 0.282 e. The molecule has 0 aliphatic carbocycles. The predicted octanol–water partition coefficient (Wildman–Crippen LogP) is 5.11. The van der Waals surface area contributed by atoms with Crippen LogP contribution in [0.1, 0.15) is 36.5 Å². The molecule has 1 fully saturated rings. The van der Waals surface area contributed by atoms with Crippen molar-refractivity contribution in [2.24, 2.45) is 5.92 Å². The standard InChI is InChI=1S/C24H24ClFN2O2/c1-14-6-8-18(16(3)11-14)21-22(27-10-4-5-15(2)13-27)24(30)28(23(21)29)17-7-9-20(26)19(25)12-17/h6-9,11-12,15H,4-5,10,13H2,1-3H3. The van der Waals surface area contributed by atoms with Crippen LogP contribution in [0.4, 0.5) is 10.1 Å². The van der Waals surface area contributed by atoms with Crippen LogP contribution in [0.25, 0.3) is 5.57 Å². The number of hydrogen-bond donors (Lipinski definition) is 0. The third kappa shape index (κ3) is 3.52. The van der Waals surface area contributed by atoms with Crippen LogP contribution in [0.15, 0.2) is 42.1 Å². The van der Waals surface area contributed by atoms with E-state index in [1.807, 2.05) is 36.9 Å². The SMILES string of the molecule is Cc1ccc(C2=C(N3CCCC(C)C3)C(=O)N(c3ccc(F)c(Cl)c3)C2=O)c(C)c1. The lowest BCUT2D eigenvalue weighted by Crippen LogP contribution is -2.39. The van der Waals surface area contributed by atoms with Gasteiger partial charge in [0, 0.05) is 13.1 Å². The molecule has 1 saturated heterocycles. The van der Waals surface area contributed by atoms with Gasteiger partial charge in [0.2, 0.25) is 0 Å². The Labute approximate surface area is 180 Å². The second-order valence-electron chi connectivity index (χ2n) is 8.28. The molecule has 1 unspecified atom stereocenters. The van der Waals surface area contributed by atoms with Crippen molar-refractivity contribution < 1.29 is 14.0 Å². The van der Waals surface area contributed by atoms with Crippen molar-refractivity contribution in [3.05, 3.63) is 69.6 Å². The van der Waals surface area contributed by atoms with Gasteiger partial charge in [-0.2, -0.15) is 0 Å². The van der Waals surface area contributed by atoms with E-state index in [-0.39, 0.29) is 16.6 Å². The summed E-state index contributed by atoms with van der Waals surface area (Å²) in [5.41, 5.74) is 3.89. The van der Waals surface area contributed by atoms with Crippen LogP contribution < -0.4 is 4.90 Å². The number of carbonyl (C=O) groups excluding carboxylic acids is 2. The molecule has 0 radical (unpaired) electrons. The van der Waals surface area contributed by atoms with Gasteiger partial charge < -0.3 is 4.90 Å². The number of imide groups is 1. The Morgan fingerprint density at radius 3 is 2.50 bits per heavy atom. The van der Waals surface area contributed by atoms with E-state index >= 15 is 0 Å². The number of amides is 2. The Hall–Kier alpha value is -2.66. The molecular weight excluding hydrogens is 403 g/mol. The number of aryl methyl sites for hydroxylation is 2. The van der Waals surface area contributed by atoms with Gasteiger partial charge in [0.1, 0.15) is 11.5 Å². The zero-order valence-electron chi connectivity index (χ0n) is 17.3. The summed E-state index contributed by atoms with van der Waals surface area (Å²) in [6.45, 7) is 7.54. The van der Waals surface area contributed by atoms with E-state index in [1.165, 1.54) is 18.2 Å². The van der Waals surface area contributed by atoms with E-state index in [1.54, 1.807) is 0 Å². The summed E-state index contributed by atoms with van der Waals surface area (Å²) in [5, 5.41) is -0.124. The molecule has 4 nitrogen and oxygen atoms in total. The highest BCUT2D eigenvalue weighted by atomic mass is 35.5. The molecule has 2 aliphatic heterocycles. The highest BCUT2D eigenvalue weighted by Gasteiger charge is 2.43. The largest absolute Gasteiger partial charge is 0.366 e. The number of rotatable bonds is 3. The lowest BCUT2D eigenvalue weighted by atomic mass is 9.95. The topological polar surface area (TPSA) is 40.6 Å². The minimum Gasteiger partial charge on any atom is -0.366 e. The summed E-state index contributed by atoms with van der Waals surface area (Å²) in [6.07, 6.45) is 2.07. The number of anilines is 1. The van der Waals surface area contributed by atoms with Gasteiger partial charge in [-0.05, 0) is 61.9 Å². The summed E-state index contributed by atoms with van der Waals surface area (Å²) >= 11 is 5.94. The van der Waals surface area contributed by atoms with Crippen molar-refractivity contribution in [1.29, 1.82) is 0 Å². The molecule has 2 aliphatic rings. The first kappa shape index (κ1) is 20.6. The van der Waals surface area contributed by atoms with Crippen molar-refractivity contribution in [3.8, 4) is 0 Å². The molecular formula is C24H24ClFN2O2. The molecule has 6 heteroatoms. The first-order chi connectivity index (χ1) is 14.3. The van der Waals surface area contributed by atoms with Crippen molar-refractivity contribution in [2.45, 2.75) is 33.6 Å². The van der Waals surface area contributed by atoms with Crippen LogP contribution in [0.3, 0.4) is 0 Å². The van der Waals surface area contributed by atoms with Crippen LogP contribution in [0, 0.1) is 25.6 Å². The fourth-order valence-corrected chi connectivity index (χ4v) is 4.57. The zero-order chi connectivity index (χ0) is 21.6. The highest BCUT2D eigenvalue weighted by Crippen LogP contribution is 2.38. The van der Waals surface area contributed by atoms with Crippen LogP contribution in [-0.4, -0.2) is 29.8 Å². The maximum Gasteiger partial charge on any atom is 0.282 e. The van der Waals surface area contributed by atoms with E-state index in [0.29, 0.717) is 17.2 Å². The Kier molecular flexibility index (Phi) is 5.41. The summed E-state index contributed by atoms with van der Waals surface area (Å²) in [7, 11) is 0. The lowest BCUT2D eigenvalue weighted by molar-refractivity contribution is -0.120. The van der Waals surface area contributed by atoms with Gasteiger partial charge in [-0.3, -0.25) is 9.59 Å². The van der Waals surface area contributed by atoms with Crippen LogP contribution in [0.2, 0.25) is 5.02 Å². The minimum absolute atomic E-state index is 0.124. The molecule has 0 saturated carbocycles. The van der Waals surface area contributed by atoms with Gasteiger partial charge in [-0.1, -0.05) is 42.3 Å². The molecule has 2 aromatic carbocycles. The molecule has 1 atom stereocenters. The monoisotopic (exact) mass is 426 g/mol. The first-order valence-electron chi connectivity index (χ1n) is 10.2. The molecule has 0 N–H and O–H groups in total. The number of halogens is 2. The molecule has 0 bridgehead atoms. The molecule has 2 heterocycles. The van der Waals surface area contributed by atoms with Gasteiger partial charge >= 0.3 is 0 Å². The van der Waals surface area contributed by atoms with Crippen LogP contribution in [0.5, 0.6) is 0 Å². The average molecular weight is 427 g/mol. The van der Waals surface area contributed by atoms with E-state index < -0.39 is 11.7 Å². The number of carbonyl (C=O) groups is 2. The van der Waals surface area contributed by atoms with Crippen molar-refractivity contribution in [2.75, 3.05) is 18.0 Å². The van der Waals surface area contributed by atoms with Crippen molar-refractivity contribution in [3.63, 3.8) is 0 Å². The fourth-order valence-electron chi connectivity index (χ4n) is 4.40. The normalized spacial score (nSPS) is 19.8. The molecule has 0 spiro atoms. The molecule has 0 aromatic heterocycles. The van der Waals surface area contributed by atoms with Crippen LogP contribution in [-0.2, 0) is 9.59 Å². The van der Waals surface area contributed by atoms with Gasteiger partial charge in [-0.15, -0.1) is 0 Å². The Morgan fingerprint density at radius 1 is 1.07 bits per heavy atom. The minimum atomic E-state index is -0.591. The molecule has 30 heavy (non-hydrogen) atoms. The average Bonchev–Trinajstić information content (AvgIpc) is 2.94. The number of nitrogens with zero attached hydrogens (tertiary/aromatic N) is 2. The number of hydrogen-bond acceptors (Lipinski definition) is 3. The van der Waals surface area contributed by atoms with E-state index in [4.69, 9.17) is 11.6 Å². The highest BCUT2D eigenvalue weighted by molar-refractivity contribution is 6.45. The summed E-state index contributed by atoms with van der Waals surface area (Å²) < 4.78 is 13.7. The maximum absolute atomic E-state index is 13.7. The van der Waals surface area contributed by atoms with Crippen molar-refractivity contribution in [1.82, 2.24) is 4.90 Å². The van der Waals surface area contributed by atoms with E-state index in [0.717, 1.165) is 47.5 Å². The first-order valence-corrected chi connectivity index (χ1v) is 10.6. The van der Waals surface area contributed by atoms with Gasteiger partial charge in [0.25, 0.3) is 11.8 Å². The van der Waals surface area contributed by atoms with Gasteiger partial charge in [0.15, 0.2) is 0 Å². The molecule has 2 aromatic rings. The molecule has 156 valence electrons. The van der Waals surface area contributed by atoms with E-state index in [2.05, 4.69) is 6.92 Å². The third-order valence-electron chi connectivity index (χ3n) is 5.85. The number of benzene rings is 2. The van der Waals surface area contributed by atoms with Crippen LogP contribution >= 0.6 is 11.6 Å². The Morgan fingerprint density at radius 2 is 1.83 bits per heavy atom. The summed E-state index contributed by atoms with van der Waals surface area (Å²) in [5.74, 6) is -0.939. The van der Waals surface area contributed by atoms with Crippen molar-refractivity contribution >= 4 is 34.7 Å². The summed E-state index contributed by atoms with van der Waals surface area (Å²) in [4.78, 5) is 30.3. The maximum atomic E-state index is 13.7. The Balaban J connectivity index is 1.87. The summed E-state index contributed by atoms with van der Waals surface area (Å²) in [6, 6.07) is 9.77. The molecule has 2 amide bonds. The third-order valence-corrected chi connectivity index (χ3v) is 6.13. The Bertz CT molecular complexity index is 1080. The second-order valence-corrected chi connectivity index (χ2v) is 8.69. The lowest BCUT2D eigenvalue weighted by Gasteiger charge is -2.33. The quantitative estimate of drug-likeness (QED) is 0.640. The van der Waals surface area contributed by atoms with Gasteiger partial charge in [-0.25, -0.2) is 9.29 Å². The number of likely N-dealkylation sites (tertiary alicyclic amines) is 1. The van der Waals surface area contributed by atoms with E-state index in [9.17, 15) is 14.0 Å². The van der Waals surface area contributed by atoms with Gasteiger partial charge in [0.05, 0.1) is 16.3 Å². The second kappa shape index (κ2) is 7.88. The predicted molar refractivity (Wildman–Crippen MR) is 117 cm³/mol.